The van der Waals surface area contributed by atoms with Gasteiger partial charge in [0, 0.05) is 16.6 Å². The van der Waals surface area contributed by atoms with Crippen LogP contribution in [0.2, 0.25) is 0 Å². The Kier molecular flexibility index (Phi) is 12.0. The number of rotatable bonds is 6. The second-order valence-electron chi connectivity index (χ2n) is 17.9. The Morgan fingerprint density at radius 2 is 1.46 bits per heavy atom. The van der Waals surface area contributed by atoms with Crippen LogP contribution in [0.3, 0.4) is 0 Å². The maximum Gasteiger partial charge on any atom is 0.333 e. The van der Waals surface area contributed by atoms with E-state index in [0.717, 1.165) is 25.7 Å². The minimum absolute atomic E-state index is 0. The van der Waals surface area contributed by atoms with Crippen molar-refractivity contribution in [2.75, 3.05) is 13.2 Å². The molecule has 0 radical (unpaired) electrons. The number of aliphatic hydroxyl groups excluding tert-OH is 4. The summed E-state index contributed by atoms with van der Waals surface area (Å²) in [5, 5.41) is 46.8. The number of hydrogen-bond acceptors (Lipinski definition) is 8. The maximum absolute atomic E-state index is 13.2. The number of esters is 2. The first-order valence-electron chi connectivity index (χ1n) is 18.2. The van der Waals surface area contributed by atoms with E-state index in [2.05, 4.69) is 33.8 Å². The number of fused-ring (bicyclic) bond motifs is 7. The summed E-state index contributed by atoms with van der Waals surface area (Å²) in [6, 6.07) is 0. The highest BCUT2D eigenvalue weighted by molar-refractivity contribution is 5.88. The van der Waals surface area contributed by atoms with Gasteiger partial charge in [0.25, 0.3) is 0 Å². The smallest absolute Gasteiger partial charge is 0.333 e. The summed E-state index contributed by atoms with van der Waals surface area (Å²) in [6.07, 6.45) is 7.04. The largest absolute Gasteiger partial charge is 0.462 e. The quantitative estimate of drug-likeness (QED) is 0.129. The Morgan fingerprint density at radius 3 is 2.04 bits per heavy atom. The highest BCUT2D eigenvalue weighted by Crippen LogP contribution is 2.76. The zero-order valence-electron chi connectivity index (χ0n) is 31.1. The van der Waals surface area contributed by atoms with Crippen molar-refractivity contribution in [3.8, 4) is 0 Å². The zero-order chi connectivity index (χ0) is 35.8. The fraction of sp³-hybridized carbons (Fsp3) is 0.810. The predicted molar refractivity (Wildman–Crippen MR) is 198 cm³/mol. The Bertz CT molecular complexity index is 1400. The van der Waals surface area contributed by atoms with Gasteiger partial charge in [-0.2, -0.15) is 0 Å². The van der Waals surface area contributed by atoms with E-state index < -0.39 is 58.7 Å². The van der Waals surface area contributed by atoms with Gasteiger partial charge < -0.3 is 29.9 Å². The second kappa shape index (κ2) is 14.1. The van der Waals surface area contributed by atoms with Crippen molar-refractivity contribution < 1.29 is 39.5 Å². The molecule has 0 aromatic carbocycles. The molecule has 286 valence electrons. The number of allylic oxidation sites excluding steroid dienone is 4. The third-order valence-electron chi connectivity index (χ3n) is 15.4. The standard InChI is InChI=1S/C40H62O8.2CH4/c1-11-23(3)33(45)47-22-37(8)27-15-18-38(9)28(36(27,7)17-16-29(37)42)14-13-25-26-19-35(5,6)31(44)32(48-34(46)24(4)12-2)40(26,21-41)30(43)20-39(25,38)10;;/h11-13,26-32,41-44H,14-22H2,1-10H3;2*1H4/b23-11+,24-12+;;/t26?,27?,28?,29-,30+,31-,32-,36-,37+,38+,39+,40-;;/m0../s1. The van der Waals surface area contributed by atoms with E-state index in [-0.39, 0.29) is 56.0 Å². The van der Waals surface area contributed by atoms with Crippen molar-refractivity contribution in [1.82, 2.24) is 0 Å². The molecule has 0 aromatic rings. The van der Waals surface area contributed by atoms with Crippen LogP contribution in [0.4, 0.5) is 0 Å². The van der Waals surface area contributed by atoms with Gasteiger partial charge in [-0.1, -0.05) is 80.2 Å². The molecule has 3 unspecified atom stereocenters. The number of carbonyl (C=O) groups excluding carboxylic acids is 2. The van der Waals surface area contributed by atoms with Gasteiger partial charge >= 0.3 is 11.9 Å². The van der Waals surface area contributed by atoms with Gasteiger partial charge in [0.1, 0.15) is 6.10 Å². The minimum Gasteiger partial charge on any atom is -0.462 e. The van der Waals surface area contributed by atoms with E-state index in [4.69, 9.17) is 9.47 Å². The van der Waals surface area contributed by atoms with Crippen LogP contribution in [0, 0.1) is 50.2 Å². The van der Waals surface area contributed by atoms with Crippen molar-refractivity contribution in [3.63, 3.8) is 0 Å². The number of hydrogen-bond donors (Lipinski definition) is 4. The lowest BCUT2D eigenvalue weighted by Gasteiger charge is -2.72. The Balaban J connectivity index is 0.00000338. The predicted octanol–water partition coefficient (Wildman–Crippen LogP) is 7.33. The van der Waals surface area contributed by atoms with Crippen LogP contribution in [-0.2, 0) is 19.1 Å². The average molecular weight is 703 g/mol. The fourth-order valence-electron chi connectivity index (χ4n) is 11.8. The zero-order valence-corrected chi connectivity index (χ0v) is 31.1. The van der Waals surface area contributed by atoms with E-state index in [9.17, 15) is 30.0 Å². The van der Waals surface area contributed by atoms with Gasteiger partial charge in [0.2, 0.25) is 0 Å². The second-order valence-corrected chi connectivity index (χ2v) is 17.9. The van der Waals surface area contributed by atoms with Gasteiger partial charge in [0.15, 0.2) is 0 Å². The first kappa shape index (κ1) is 42.4. The molecule has 5 aliphatic carbocycles. The topological polar surface area (TPSA) is 134 Å². The van der Waals surface area contributed by atoms with Gasteiger partial charge in [-0.15, -0.1) is 0 Å². The Morgan fingerprint density at radius 1 is 0.860 bits per heavy atom. The molecule has 0 heterocycles. The van der Waals surface area contributed by atoms with Gasteiger partial charge in [-0.3, -0.25) is 0 Å². The van der Waals surface area contributed by atoms with Crippen molar-refractivity contribution in [2.24, 2.45) is 50.2 Å². The summed E-state index contributed by atoms with van der Waals surface area (Å²) in [7, 11) is 0. The molecule has 0 bridgehead atoms. The molecule has 8 nitrogen and oxygen atoms in total. The van der Waals surface area contributed by atoms with Gasteiger partial charge in [0.05, 0.1) is 36.9 Å². The molecule has 0 amide bonds. The lowest BCUT2D eigenvalue weighted by Crippen LogP contribution is -2.72. The van der Waals surface area contributed by atoms with Crippen molar-refractivity contribution in [2.45, 2.75) is 153 Å². The molecule has 5 aliphatic rings. The summed E-state index contributed by atoms with van der Waals surface area (Å²) in [6.45, 7) is 19.9. The van der Waals surface area contributed by atoms with E-state index in [1.54, 1.807) is 32.9 Å². The SMILES string of the molecule is C.C.C/C=C(\C)C(=O)OC[C@]1(C)C2CC[C@]3(C)C(CC=C4C5CC(C)(C)[C@@H](O)[C@H](OC(=O)/C(C)=C/C)[C@]5(CO)[C@H](O)C[C@]43C)[C@@]2(C)CC[C@@H]1O. The van der Waals surface area contributed by atoms with E-state index in [0.29, 0.717) is 30.4 Å². The molecular weight excluding hydrogens is 632 g/mol. The van der Waals surface area contributed by atoms with Gasteiger partial charge in [-0.05, 0) is 112 Å². The van der Waals surface area contributed by atoms with Crippen molar-refractivity contribution >= 4 is 11.9 Å². The maximum atomic E-state index is 13.2. The lowest BCUT2D eigenvalue weighted by molar-refractivity contribution is -0.263. The number of aliphatic hydroxyl groups is 4. The van der Waals surface area contributed by atoms with Crippen LogP contribution in [-0.4, -0.2) is 70.0 Å². The highest BCUT2D eigenvalue weighted by Gasteiger charge is 2.73. The molecule has 4 N–H and O–H groups in total. The molecule has 4 fully saturated rings. The van der Waals surface area contributed by atoms with Crippen LogP contribution in [0.5, 0.6) is 0 Å². The van der Waals surface area contributed by atoms with Crippen molar-refractivity contribution in [3.05, 3.63) is 34.9 Å². The summed E-state index contributed by atoms with van der Waals surface area (Å²) in [4.78, 5) is 25.9. The van der Waals surface area contributed by atoms with Crippen LogP contribution >= 0.6 is 0 Å². The lowest BCUT2D eigenvalue weighted by atomic mass is 9.33. The monoisotopic (exact) mass is 703 g/mol. The van der Waals surface area contributed by atoms with Crippen molar-refractivity contribution in [1.29, 1.82) is 0 Å². The molecule has 5 rings (SSSR count). The third kappa shape index (κ3) is 5.78. The van der Waals surface area contributed by atoms with Crippen LogP contribution < -0.4 is 0 Å². The average Bonchev–Trinajstić information content (AvgIpc) is 3.03. The first-order chi connectivity index (χ1) is 22.2. The molecule has 8 heteroatoms. The number of carbonyl (C=O) groups is 2. The van der Waals surface area contributed by atoms with Gasteiger partial charge in [-0.25, -0.2) is 9.59 Å². The summed E-state index contributed by atoms with van der Waals surface area (Å²) in [5.41, 5.74) is -1.05. The van der Waals surface area contributed by atoms with Crippen LogP contribution in [0.25, 0.3) is 0 Å². The van der Waals surface area contributed by atoms with Crippen LogP contribution in [0.1, 0.15) is 129 Å². The molecule has 4 saturated carbocycles. The summed E-state index contributed by atoms with van der Waals surface area (Å²) >= 11 is 0. The van der Waals surface area contributed by atoms with E-state index >= 15 is 0 Å². The summed E-state index contributed by atoms with van der Waals surface area (Å²) in [5.74, 6) is -0.799. The Labute approximate surface area is 302 Å². The first-order valence-corrected chi connectivity index (χ1v) is 18.2. The molecule has 0 aliphatic heterocycles. The normalized spacial score (nSPS) is 45.2. The molecule has 0 aromatic heterocycles. The Hall–Kier alpha value is -2.00. The highest BCUT2D eigenvalue weighted by atomic mass is 16.6. The molecule has 0 saturated heterocycles. The molecule has 12 atom stereocenters. The third-order valence-corrected chi connectivity index (χ3v) is 15.4. The van der Waals surface area contributed by atoms with Crippen LogP contribution in [0.15, 0.2) is 34.9 Å². The fourth-order valence-corrected chi connectivity index (χ4v) is 11.8. The molecule has 0 spiro atoms. The van der Waals surface area contributed by atoms with E-state index in [1.807, 2.05) is 20.8 Å². The minimum atomic E-state index is -1.24. The number of ether oxygens (including phenoxy) is 2. The van der Waals surface area contributed by atoms with E-state index in [1.165, 1.54) is 5.57 Å². The summed E-state index contributed by atoms with van der Waals surface area (Å²) < 4.78 is 11.9. The molecular formula is C42H70O8. The molecule has 50 heavy (non-hydrogen) atoms.